The SMILES string of the molecule is CC(Sc1ccc(S(=O)(=O)N2CCN(C)CC2)cn1)C(=O)NCCC1=CCCCC1. The van der Waals surface area contributed by atoms with Crippen molar-refractivity contribution >= 4 is 27.7 Å². The standard InChI is InChI=1S/C21H32N4O3S2/c1-17(21(26)22-11-10-18-6-4-3-5-7-18)29-20-9-8-19(16-23-20)30(27,28)25-14-12-24(2)13-15-25/h6,8-9,16-17H,3-5,7,10-15H2,1-2H3,(H,22,26). The van der Waals surface area contributed by atoms with Crippen LogP contribution in [0.1, 0.15) is 39.0 Å². The normalized spacial score (nSPS) is 19.9. The number of thioether (sulfide) groups is 1. The van der Waals surface area contributed by atoms with Gasteiger partial charge in [0.05, 0.1) is 10.3 Å². The van der Waals surface area contributed by atoms with Gasteiger partial charge in [-0.1, -0.05) is 23.4 Å². The molecule has 1 aromatic heterocycles. The first-order valence-corrected chi connectivity index (χ1v) is 13.0. The van der Waals surface area contributed by atoms with Crippen molar-refractivity contribution < 1.29 is 13.2 Å². The van der Waals surface area contributed by atoms with E-state index in [4.69, 9.17) is 0 Å². The molecule has 1 aromatic rings. The summed E-state index contributed by atoms with van der Waals surface area (Å²) >= 11 is 1.34. The number of carbonyl (C=O) groups is 1. The fraction of sp³-hybridized carbons (Fsp3) is 0.619. The first kappa shape index (κ1) is 23.2. The van der Waals surface area contributed by atoms with Crippen LogP contribution in [0.3, 0.4) is 0 Å². The second kappa shape index (κ2) is 10.7. The van der Waals surface area contributed by atoms with Crippen molar-refractivity contribution in [2.24, 2.45) is 0 Å². The van der Waals surface area contributed by atoms with E-state index in [2.05, 4.69) is 21.3 Å². The highest BCUT2D eigenvalue weighted by Crippen LogP contribution is 2.24. The number of nitrogens with zero attached hydrogens (tertiary/aromatic N) is 3. The fourth-order valence-electron chi connectivity index (χ4n) is 3.62. The number of aromatic nitrogens is 1. The lowest BCUT2D eigenvalue weighted by molar-refractivity contribution is -0.120. The number of sulfonamides is 1. The van der Waals surface area contributed by atoms with E-state index in [9.17, 15) is 13.2 Å². The number of likely N-dealkylation sites (N-methyl/N-ethyl adjacent to an activating group) is 1. The lowest BCUT2D eigenvalue weighted by Gasteiger charge is -2.31. The van der Waals surface area contributed by atoms with Crippen molar-refractivity contribution in [2.75, 3.05) is 39.8 Å². The van der Waals surface area contributed by atoms with Crippen molar-refractivity contribution in [3.63, 3.8) is 0 Å². The zero-order chi connectivity index (χ0) is 21.6. The van der Waals surface area contributed by atoms with Gasteiger partial charge < -0.3 is 10.2 Å². The number of rotatable bonds is 8. The number of pyridine rings is 1. The van der Waals surface area contributed by atoms with Crippen LogP contribution in [-0.2, 0) is 14.8 Å². The van der Waals surface area contributed by atoms with Gasteiger partial charge in [-0.15, -0.1) is 0 Å². The molecule has 1 fully saturated rings. The quantitative estimate of drug-likeness (QED) is 0.482. The van der Waals surface area contributed by atoms with E-state index >= 15 is 0 Å². The van der Waals surface area contributed by atoms with Gasteiger partial charge in [-0.3, -0.25) is 4.79 Å². The molecule has 0 aromatic carbocycles. The van der Waals surface area contributed by atoms with Crippen molar-refractivity contribution in [1.29, 1.82) is 0 Å². The third-order valence-electron chi connectivity index (χ3n) is 5.61. The molecule has 3 rings (SSSR count). The van der Waals surface area contributed by atoms with Gasteiger partial charge in [-0.25, -0.2) is 13.4 Å². The Morgan fingerprint density at radius 1 is 1.23 bits per heavy atom. The number of hydrogen-bond donors (Lipinski definition) is 1. The number of allylic oxidation sites excluding steroid dienone is 1. The molecular formula is C21H32N4O3S2. The lowest BCUT2D eigenvalue weighted by Crippen LogP contribution is -2.47. The summed E-state index contributed by atoms with van der Waals surface area (Å²) in [7, 11) is -1.53. The molecule has 1 unspecified atom stereocenters. The maximum atomic E-state index is 12.8. The largest absolute Gasteiger partial charge is 0.355 e. The first-order chi connectivity index (χ1) is 14.4. The molecule has 0 radical (unpaired) electrons. The Morgan fingerprint density at radius 3 is 2.63 bits per heavy atom. The van der Waals surface area contributed by atoms with Crippen molar-refractivity contribution in [3.05, 3.63) is 30.0 Å². The molecular weight excluding hydrogens is 420 g/mol. The van der Waals surface area contributed by atoms with E-state index in [1.165, 1.54) is 40.7 Å². The monoisotopic (exact) mass is 452 g/mol. The highest BCUT2D eigenvalue weighted by atomic mass is 32.2. The highest BCUT2D eigenvalue weighted by molar-refractivity contribution is 8.00. The van der Waals surface area contributed by atoms with E-state index < -0.39 is 10.0 Å². The molecule has 2 heterocycles. The number of piperazine rings is 1. The van der Waals surface area contributed by atoms with E-state index in [0.29, 0.717) is 24.7 Å². The predicted octanol–water partition coefficient (Wildman–Crippen LogP) is 2.51. The van der Waals surface area contributed by atoms with Crippen LogP contribution in [0, 0.1) is 0 Å². The molecule has 1 aliphatic carbocycles. The van der Waals surface area contributed by atoms with Gasteiger partial charge in [0.2, 0.25) is 15.9 Å². The van der Waals surface area contributed by atoms with E-state index in [0.717, 1.165) is 32.4 Å². The molecule has 9 heteroatoms. The molecule has 30 heavy (non-hydrogen) atoms. The third kappa shape index (κ3) is 6.29. The molecule has 0 spiro atoms. The summed E-state index contributed by atoms with van der Waals surface area (Å²) in [6.07, 6.45) is 9.44. The molecule has 0 saturated carbocycles. The number of nitrogens with one attached hydrogen (secondary N) is 1. The van der Waals surface area contributed by atoms with Crippen LogP contribution in [0.4, 0.5) is 0 Å². The Morgan fingerprint density at radius 2 is 2.00 bits per heavy atom. The topological polar surface area (TPSA) is 82.6 Å². The molecule has 166 valence electrons. The van der Waals surface area contributed by atoms with Gasteiger partial charge in [-0.05, 0) is 58.2 Å². The second-order valence-electron chi connectivity index (χ2n) is 7.95. The molecule has 1 atom stereocenters. The molecule has 1 saturated heterocycles. The van der Waals surface area contributed by atoms with Crippen molar-refractivity contribution in [3.8, 4) is 0 Å². The van der Waals surface area contributed by atoms with Gasteiger partial charge in [0.15, 0.2) is 0 Å². The van der Waals surface area contributed by atoms with Crippen LogP contribution in [0.25, 0.3) is 0 Å². The Balaban J connectivity index is 1.49. The maximum absolute atomic E-state index is 12.8. The smallest absolute Gasteiger partial charge is 0.244 e. The lowest BCUT2D eigenvalue weighted by atomic mass is 9.97. The Bertz CT molecular complexity index is 848. The number of hydrogen-bond acceptors (Lipinski definition) is 6. The van der Waals surface area contributed by atoms with Crippen LogP contribution in [-0.4, -0.2) is 73.5 Å². The van der Waals surface area contributed by atoms with Crippen LogP contribution < -0.4 is 5.32 Å². The summed E-state index contributed by atoms with van der Waals surface area (Å²) in [6.45, 7) is 4.93. The number of amides is 1. The first-order valence-electron chi connectivity index (χ1n) is 10.6. The van der Waals surface area contributed by atoms with Crippen molar-refractivity contribution in [2.45, 2.75) is 54.2 Å². The maximum Gasteiger partial charge on any atom is 0.244 e. The van der Waals surface area contributed by atoms with Crippen LogP contribution in [0.2, 0.25) is 0 Å². The molecule has 7 nitrogen and oxygen atoms in total. The molecule has 1 amide bonds. The summed E-state index contributed by atoms with van der Waals surface area (Å²) in [5.74, 6) is -0.0210. The molecule has 2 aliphatic rings. The van der Waals surface area contributed by atoms with E-state index in [1.54, 1.807) is 12.1 Å². The minimum absolute atomic E-state index is 0.0210. The van der Waals surface area contributed by atoms with Crippen LogP contribution in [0.15, 0.2) is 39.9 Å². The van der Waals surface area contributed by atoms with E-state index in [1.807, 2.05) is 14.0 Å². The van der Waals surface area contributed by atoms with Crippen LogP contribution in [0.5, 0.6) is 0 Å². The zero-order valence-corrected chi connectivity index (χ0v) is 19.5. The minimum Gasteiger partial charge on any atom is -0.355 e. The number of carbonyl (C=O) groups excluding carboxylic acids is 1. The fourth-order valence-corrected chi connectivity index (χ4v) is 5.80. The summed E-state index contributed by atoms with van der Waals surface area (Å²) in [6, 6.07) is 3.27. The minimum atomic E-state index is -3.52. The van der Waals surface area contributed by atoms with Gasteiger partial charge >= 0.3 is 0 Å². The molecule has 1 N–H and O–H groups in total. The Kier molecular flexibility index (Phi) is 8.33. The molecule has 0 bridgehead atoms. The predicted molar refractivity (Wildman–Crippen MR) is 120 cm³/mol. The second-order valence-corrected chi connectivity index (χ2v) is 11.2. The summed E-state index contributed by atoms with van der Waals surface area (Å²) in [5, 5.41) is 3.35. The Hall–Kier alpha value is -1.42. The molecule has 1 aliphatic heterocycles. The van der Waals surface area contributed by atoms with Crippen LogP contribution >= 0.6 is 11.8 Å². The van der Waals surface area contributed by atoms with Gasteiger partial charge in [-0.2, -0.15) is 4.31 Å². The summed E-state index contributed by atoms with van der Waals surface area (Å²) in [5.41, 5.74) is 1.45. The van der Waals surface area contributed by atoms with Gasteiger partial charge in [0, 0.05) is 38.9 Å². The zero-order valence-electron chi connectivity index (χ0n) is 17.8. The van der Waals surface area contributed by atoms with Gasteiger partial charge in [0.25, 0.3) is 0 Å². The summed E-state index contributed by atoms with van der Waals surface area (Å²) < 4.78 is 27.1. The highest BCUT2D eigenvalue weighted by Gasteiger charge is 2.27. The average Bonchev–Trinajstić information content (AvgIpc) is 2.75. The summed E-state index contributed by atoms with van der Waals surface area (Å²) in [4.78, 5) is 19.0. The van der Waals surface area contributed by atoms with Gasteiger partial charge in [0.1, 0.15) is 4.90 Å². The average molecular weight is 453 g/mol. The Labute approximate surface area is 184 Å². The van der Waals surface area contributed by atoms with E-state index in [-0.39, 0.29) is 16.1 Å². The van der Waals surface area contributed by atoms with Crippen molar-refractivity contribution in [1.82, 2.24) is 19.5 Å². The third-order valence-corrected chi connectivity index (χ3v) is 8.54.